The van der Waals surface area contributed by atoms with Crippen LogP contribution in [0.25, 0.3) is 0 Å². The number of nitriles is 1. The minimum atomic E-state index is -0.576. The molecule has 18 heavy (non-hydrogen) atoms. The number of carbonyl (C=O) groups is 1. The first kappa shape index (κ1) is 12.0. The molecule has 6 heteroatoms. The Balaban J connectivity index is 2.35. The third-order valence-corrected chi connectivity index (χ3v) is 2.91. The van der Waals surface area contributed by atoms with Crippen LogP contribution in [0, 0.1) is 21.4 Å². The molecule has 0 aromatic heterocycles. The van der Waals surface area contributed by atoms with Gasteiger partial charge in [-0.15, -0.1) is 0 Å². The van der Waals surface area contributed by atoms with Gasteiger partial charge in [0.2, 0.25) is 0 Å². The summed E-state index contributed by atoms with van der Waals surface area (Å²) in [5.74, 6) is 0.133. The average Bonchev–Trinajstić information content (AvgIpc) is 2.38. The third kappa shape index (κ3) is 2.30. The Kier molecular flexibility index (Phi) is 3.24. The van der Waals surface area contributed by atoms with Crippen LogP contribution >= 0.6 is 0 Å². The summed E-state index contributed by atoms with van der Waals surface area (Å²) >= 11 is 0. The van der Waals surface area contributed by atoms with E-state index in [1.165, 1.54) is 12.1 Å². The van der Waals surface area contributed by atoms with E-state index in [4.69, 9.17) is 5.26 Å². The first-order valence-corrected chi connectivity index (χ1v) is 5.57. The number of ketones is 1. The maximum absolute atomic E-state index is 11.4. The Hall–Kier alpha value is -2.42. The summed E-state index contributed by atoms with van der Waals surface area (Å²) in [4.78, 5) is 23.4. The fourth-order valence-electron chi connectivity index (χ4n) is 2.02. The van der Waals surface area contributed by atoms with Gasteiger partial charge in [0.25, 0.3) is 5.69 Å². The van der Waals surface area contributed by atoms with Crippen LogP contribution in [0.15, 0.2) is 18.2 Å². The Morgan fingerprint density at radius 3 is 2.83 bits per heavy atom. The van der Waals surface area contributed by atoms with Crippen molar-refractivity contribution in [3.8, 4) is 6.07 Å². The molecule has 0 saturated carbocycles. The third-order valence-electron chi connectivity index (χ3n) is 2.91. The van der Waals surface area contributed by atoms with Crippen LogP contribution in [-0.4, -0.2) is 23.8 Å². The van der Waals surface area contributed by atoms with Crippen molar-refractivity contribution in [2.45, 2.75) is 12.8 Å². The maximum atomic E-state index is 11.4. The van der Waals surface area contributed by atoms with Crippen LogP contribution in [0.1, 0.15) is 18.4 Å². The first-order valence-electron chi connectivity index (χ1n) is 5.57. The molecule has 92 valence electrons. The molecule has 1 aromatic rings. The second-order valence-corrected chi connectivity index (χ2v) is 4.13. The molecule has 0 N–H and O–H groups in total. The molecule has 0 spiro atoms. The quantitative estimate of drug-likeness (QED) is 0.583. The van der Waals surface area contributed by atoms with Crippen molar-refractivity contribution in [1.29, 1.82) is 5.26 Å². The number of hydrogen-bond acceptors (Lipinski definition) is 5. The molecule has 1 heterocycles. The molecule has 0 atom stereocenters. The SMILES string of the molecule is N#Cc1ccc(N2CCCC(=O)C2)cc1[N+](=O)[O-]. The van der Waals surface area contributed by atoms with Gasteiger partial charge in [-0.3, -0.25) is 14.9 Å². The summed E-state index contributed by atoms with van der Waals surface area (Å²) in [5, 5.41) is 19.6. The van der Waals surface area contributed by atoms with E-state index in [-0.39, 0.29) is 23.6 Å². The molecule has 0 aliphatic carbocycles. The average molecular weight is 245 g/mol. The maximum Gasteiger partial charge on any atom is 0.289 e. The summed E-state index contributed by atoms with van der Waals surface area (Å²) in [7, 11) is 0. The molecule has 1 aliphatic rings. The van der Waals surface area contributed by atoms with Gasteiger partial charge in [0.1, 0.15) is 11.6 Å². The van der Waals surface area contributed by atoms with Crippen LogP contribution in [0.5, 0.6) is 0 Å². The zero-order valence-electron chi connectivity index (χ0n) is 9.63. The standard InChI is InChI=1S/C12H11N3O3/c13-7-9-3-4-10(6-12(9)15(17)18)14-5-1-2-11(16)8-14/h3-4,6H,1-2,5,8H2. The summed E-state index contributed by atoms with van der Waals surface area (Å²) in [6, 6.07) is 6.21. The van der Waals surface area contributed by atoms with Gasteiger partial charge >= 0.3 is 0 Å². The lowest BCUT2D eigenvalue weighted by Crippen LogP contribution is -2.35. The molecule has 1 aromatic carbocycles. The lowest BCUT2D eigenvalue weighted by Gasteiger charge is -2.27. The second-order valence-electron chi connectivity index (χ2n) is 4.13. The number of anilines is 1. The molecular weight excluding hydrogens is 234 g/mol. The highest BCUT2D eigenvalue weighted by atomic mass is 16.6. The normalized spacial score (nSPS) is 15.3. The summed E-state index contributed by atoms with van der Waals surface area (Å²) in [6.45, 7) is 0.984. The van der Waals surface area contributed by atoms with Crippen molar-refractivity contribution in [3.63, 3.8) is 0 Å². The number of Topliss-reactive ketones (excluding diaryl/α,β-unsaturated/α-hetero) is 1. The Morgan fingerprint density at radius 1 is 1.44 bits per heavy atom. The minimum Gasteiger partial charge on any atom is -0.364 e. The second kappa shape index (κ2) is 4.84. The number of rotatable bonds is 2. The molecule has 6 nitrogen and oxygen atoms in total. The topological polar surface area (TPSA) is 87.2 Å². The molecule has 2 rings (SSSR count). The molecule has 1 aliphatic heterocycles. The van der Waals surface area contributed by atoms with Gasteiger partial charge in [0.05, 0.1) is 11.5 Å². The Morgan fingerprint density at radius 2 is 2.22 bits per heavy atom. The van der Waals surface area contributed by atoms with E-state index in [2.05, 4.69) is 0 Å². The Bertz CT molecular complexity index is 548. The number of piperidine rings is 1. The van der Waals surface area contributed by atoms with Gasteiger partial charge in [-0.1, -0.05) is 0 Å². The van der Waals surface area contributed by atoms with Gasteiger partial charge < -0.3 is 4.90 Å². The fourth-order valence-corrected chi connectivity index (χ4v) is 2.02. The van der Waals surface area contributed by atoms with Crippen LogP contribution in [0.2, 0.25) is 0 Å². The fraction of sp³-hybridized carbons (Fsp3) is 0.333. The zero-order valence-corrected chi connectivity index (χ0v) is 9.63. The predicted molar refractivity (Wildman–Crippen MR) is 64.3 cm³/mol. The molecular formula is C12H11N3O3. The van der Waals surface area contributed by atoms with Crippen molar-refractivity contribution < 1.29 is 9.72 Å². The van der Waals surface area contributed by atoms with Crippen molar-refractivity contribution in [2.75, 3.05) is 18.0 Å². The summed E-state index contributed by atoms with van der Waals surface area (Å²) in [6.07, 6.45) is 1.32. The van der Waals surface area contributed by atoms with E-state index < -0.39 is 4.92 Å². The number of nitrogens with zero attached hydrogens (tertiary/aromatic N) is 3. The highest BCUT2D eigenvalue weighted by Crippen LogP contribution is 2.26. The van der Waals surface area contributed by atoms with Crippen LogP contribution < -0.4 is 4.90 Å². The van der Waals surface area contributed by atoms with Crippen molar-refractivity contribution >= 4 is 17.2 Å². The zero-order chi connectivity index (χ0) is 13.1. The highest BCUT2D eigenvalue weighted by Gasteiger charge is 2.21. The van der Waals surface area contributed by atoms with Crippen LogP contribution in [0.4, 0.5) is 11.4 Å². The van der Waals surface area contributed by atoms with Crippen molar-refractivity contribution in [1.82, 2.24) is 0 Å². The summed E-state index contributed by atoms with van der Waals surface area (Å²) < 4.78 is 0. The van der Waals surface area contributed by atoms with Crippen LogP contribution in [-0.2, 0) is 4.79 Å². The van der Waals surface area contributed by atoms with E-state index in [0.717, 1.165) is 6.42 Å². The number of nitro benzene ring substituents is 1. The van der Waals surface area contributed by atoms with E-state index in [1.807, 2.05) is 0 Å². The van der Waals surface area contributed by atoms with E-state index in [1.54, 1.807) is 17.0 Å². The molecule has 1 saturated heterocycles. The number of nitro groups is 1. The lowest BCUT2D eigenvalue weighted by atomic mass is 10.1. The van der Waals surface area contributed by atoms with Gasteiger partial charge in [-0.25, -0.2) is 0 Å². The smallest absolute Gasteiger partial charge is 0.289 e. The van der Waals surface area contributed by atoms with E-state index >= 15 is 0 Å². The van der Waals surface area contributed by atoms with E-state index in [9.17, 15) is 14.9 Å². The van der Waals surface area contributed by atoms with Crippen molar-refractivity contribution in [2.24, 2.45) is 0 Å². The monoisotopic (exact) mass is 245 g/mol. The van der Waals surface area contributed by atoms with Crippen molar-refractivity contribution in [3.05, 3.63) is 33.9 Å². The molecule has 0 bridgehead atoms. The van der Waals surface area contributed by atoms with Gasteiger partial charge in [0.15, 0.2) is 5.78 Å². The van der Waals surface area contributed by atoms with E-state index in [0.29, 0.717) is 18.7 Å². The lowest BCUT2D eigenvalue weighted by molar-refractivity contribution is -0.385. The molecule has 1 fully saturated rings. The Labute approximate surface area is 104 Å². The summed E-state index contributed by atoms with van der Waals surface area (Å²) in [5.41, 5.74) is 0.439. The number of carbonyl (C=O) groups excluding carboxylic acids is 1. The molecule has 0 amide bonds. The van der Waals surface area contributed by atoms with Gasteiger partial charge in [-0.2, -0.15) is 5.26 Å². The van der Waals surface area contributed by atoms with Gasteiger partial charge in [0, 0.05) is 24.7 Å². The molecule has 0 unspecified atom stereocenters. The molecule has 0 radical (unpaired) electrons. The number of hydrogen-bond donors (Lipinski definition) is 0. The minimum absolute atomic E-state index is 0.0343. The van der Waals surface area contributed by atoms with Gasteiger partial charge in [-0.05, 0) is 18.6 Å². The first-order chi connectivity index (χ1) is 8.61. The predicted octanol–water partition coefficient (Wildman–Crippen LogP) is 1.64. The van der Waals surface area contributed by atoms with Crippen LogP contribution in [0.3, 0.4) is 0 Å². The highest BCUT2D eigenvalue weighted by molar-refractivity contribution is 5.84. The number of benzene rings is 1. The largest absolute Gasteiger partial charge is 0.364 e.